The van der Waals surface area contributed by atoms with Crippen LogP contribution in [0.1, 0.15) is 31.0 Å². The molecule has 34 heavy (non-hydrogen) atoms. The highest BCUT2D eigenvalue weighted by Crippen LogP contribution is 2.41. The molecule has 0 aromatic heterocycles. The molecular weight excluding hydrogens is 438 g/mol. The molecule has 8 heteroatoms. The van der Waals surface area contributed by atoms with Gasteiger partial charge in [-0.05, 0) is 47.9 Å². The zero-order valence-electron chi connectivity index (χ0n) is 20.2. The van der Waals surface area contributed by atoms with Crippen LogP contribution in [0.3, 0.4) is 0 Å². The van der Waals surface area contributed by atoms with E-state index >= 15 is 0 Å². The molecule has 0 bridgehead atoms. The van der Waals surface area contributed by atoms with E-state index in [1.807, 2.05) is 0 Å². The van der Waals surface area contributed by atoms with Crippen LogP contribution >= 0.6 is 0 Å². The van der Waals surface area contributed by atoms with E-state index in [0.29, 0.717) is 40.9 Å². The Bertz CT molecular complexity index is 1060. The number of benzene rings is 2. The Balaban J connectivity index is 2.07. The van der Waals surface area contributed by atoms with Crippen LogP contribution in [0.4, 0.5) is 0 Å². The van der Waals surface area contributed by atoms with Gasteiger partial charge in [0.05, 0.1) is 39.0 Å². The summed E-state index contributed by atoms with van der Waals surface area (Å²) in [6.45, 7) is 5.08. The fraction of sp³-hybridized carbons (Fsp3) is 0.385. The molecule has 1 heterocycles. The van der Waals surface area contributed by atoms with Crippen LogP contribution in [0.5, 0.6) is 17.2 Å². The second kappa shape index (κ2) is 11.1. The van der Waals surface area contributed by atoms with Crippen LogP contribution in [-0.2, 0) is 14.3 Å². The highest BCUT2D eigenvalue weighted by molar-refractivity contribution is 6.46. The van der Waals surface area contributed by atoms with Crippen LogP contribution in [0, 0.1) is 5.92 Å². The molecule has 2 aromatic carbocycles. The van der Waals surface area contributed by atoms with Gasteiger partial charge in [-0.2, -0.15) is 0 Å². The molecular formula is C26H31NO7. The van der Waals surface area contributed by atoms with Crippen molar-refractivity contribution in [1.82, 2.24) is 4.90 Å². The molecule has 1 fully saturated rings. The van der Waals surface area contributed by atoms with E-state index in [9.17, 15) is 14.7 Å². The number of methoxy groups -OCH3 is 3. The second-order valence-corrected chi connectivity index (χ2v) is 8.33. The minimum Gasteiger partial charge on any atom is -0.507 e. The van der Waals surface area contributed by atoms with Crippen molar-refractivity contribution in [2.45, 2.75) is 19.9 Å². The number of likely N-dealkylation sites (tertiary alicyclic amines) is 1. The standard InChI is InChI=1S/C26H31NO7/c1-16(2)15-34-19-9-6-17(7-10-19)24(28)22-23(27(12-13-31-3)26(30)25(22)29)18-8-11-20(32-4)21(14-18)33-5/h6-11,14,16,23,28H,12-13,15H2,1-5H3/b24-22+/t23-/m0/s1. The summed E-state index contributed by atoms with van der Waals surface area (Å²) in [5.41, 5.74) is 1.02. The van der Waals surface area contributed by atoms with Gasteiger partial charge in [0, 0.05) is 19.2 Å². The molecule has 1 saturated heterocycles. The Morgan fingerprint density at radius 1 is 1.00 bits per heavy atom. The summed E-state index contributed by atoms with van der Waals surface area (Å²) < 4.78 is 21.6. The van der Waals surface area contributed by atoms with Gasteiger partial charge in [-0.3, -0.25) is 9.59 Å². The van der Waals surface area contributed by atoms with Gasteiger partial charge in [-0.1, -0.05) is 19.9 Å². The number of rotatable bonds is 10. The van der Waals surface area contributed by atoms with E-state index in [4.69, 9.17) is 18.9 Å². The molecule has 1 aliphatic heterocycles. The Kier molecular flexibility index (Phi) is 8.17. The highest BCUT2D eigenvalue weighted by Gasteiger charge is 2.46. The van der Waals surface area contributed by atoms with Gasteiger partial charge in [0.15, 0.2) is 11.5 Å². The minimum atomic E-state index is -0.813. The van der Waals surface area contributed by atoms with Crippen molar-refractivity contribution >= 4 is 17.4 Å². The number of ketones is 1. The first-order valence-electron chi connectivity index (χ1n) is 11.0. The largest absolute Gasteiger partial charge is 0.507 e. The summed E-state index contributed by atoms with van der Waals surface area (Å²) in [4.78, 5) is 27.4. The number of Topliss-reactive ketones (excluding diaryl/α,β-unsaturated/α-hetero) is 1. The third-order valence-electron chi connectivity index (χ3n) is 5.51. The van der Waals surface area contributed by atoms with E-state index < -0.39 is 17.7 Å². The Morgan fingerprint density at radius 3 is 2.26 bits per heavy atom. The summed E-state index contributed by atoms with van der Waals surface area (Å²) >= 11 is 0. The van der Waals surface area contributed by atoms with Crippen molar-refractivity contribution in [2.75, 3.05) is 41.1 Å². The molecule has 182 valence electrons. The van der Waals surface area contributed by atoms with Gasteiger partial charge < -0.3 is 29.0 Å². The lowest BCUT2D eigenvalue weighted by molar-refractivity contribution is -0.140. The maximum Gasteiger partial charge on any atom is 0.295 e. The van der Waals surface area contributed by atoms with Gasteiger partial charge in [-0.25, -0.2) is 0 Å². The number of nitrogens with zero attached hydrogens (tertiary/aromatic N) is 1. The number of aliphatic hydroxyl groups excluding tert-OH is 1. The second-order valence-electron chi connectivity index (χ2n) is 8.33. The zero-order chi connectivity index (χ0) is 24.8. The third kappa shape index (κ3) is 5.17. The Labute approximate surface area is 199 Å². The van der Waals surface area contributed by atoms with E-state index in [1.54, 1.807) is 42.5 Å². The average Bonchev–Trinajstić information content (AvgIpc) is 3.10. The number of amides is 1. The molecule has 0 saturated carbocycles. The molecule has 0 radical (unpaired) electrons. The van der Waals surface area contributed by atoms with Gasteiger partial charge in [-0.15, -0.1) is 0 Å². The number of carbonyl (C=O) groups excluding carboxylic acids is 2. The van der Waals surface area contributed by atoms with Crippen LogP contribution in [-0.4, -0.2) is 62.8 Å². The lowest BCUT2D eigenvalue weighted by Crippen LogP contribution is -2.32. The summed E-state index contributed by atoms with van der Waals surface area (Å²) in [5.74, 6) is 0.276. The van der Waals surface area contributed by atoms with E-state index in [0.717, 1.165) is 0 Å². The highest BCUT2D eigenvalue weighted by atomic mass is 16.5. The molecule has 1 aliphatic rings. The normalized spacial score (nSPS) is 17.4. The van der Waals surface area contributed by atoms with Crippen molar-refractivity contribution in [3.8, 4) is 17.2 Å². The molecule has 1 amide bonds. The summed E-state index contributed by atoms with van der Waals surface area (Å²) in [6.07, 6.45) is 0. The maximum atomic E-state index is 13.1. The smallest absolute Gasteiger partial charge is 0.295 e. The van der Waals surface area contributed by atoms with Gasteiger partial charge >= 0.3 is 0 Å². The predicted molar refractivity (Wildman–Crippen MR) is 127 cm³/mol. The quantitative estimate of drug-likeness (QED) is 0.321. The number of hydrogen-bond donors (Lipinski definition) is 1. The lowest BCUT2D eigenvalue weighted by Gasteiger charge is -2.25. The van der Waals surface area contributed by atoms with Crippen molar-refractivity contribution in [3.63, 3.8) is 0 Å². The SMILES string of the molecule is COCCN1C(=O)C(=O)/C(=C(/O)c2ccc(OCC(C)C)cc2)[C@@H]1c1ccc(OC)c(OC)c1. The average molecular weight is 470 g/mol. The number of hydrogen-bond acceptors (Lipinski definition) is 7. The van der Waals surface area contributed by atoms with E-state index in [2.05, 4.69) is 13.8 Å². The minimum absolute atomic E-state index is 0.00386. The van der Waals surface area contributed by atoms with Gasteiger partial charge in [0.1, 0.15) is 11.5 Å². The summed E-state index contributed by atoms with van der Waals surface area (Å²) in [6, 6.07) is 11.1. The number of carbonyl (C=O) groups is 2. The number of ether oxygens (including phenoxy) is 4. The Morgan fingerprint density at radius 2 is 1.68 bits per heavy atom. The van der Waals surface area contributed by atoms with Crippen LogP contribution in [0.15, 0.2) is 48.0 Å². The Hall–Kier alpha value is -3.52. The first-order chi connectivity index (χ1) is 16.3. The molecule has 1 N–H and O–H groups in total. The molecule has 1 atom stereocenters. The first-order valence-corrected chi connectivity index (χ1v) is 11.0. The van der Waals surface area contributed by atoms with Crippen molar-refractivity contribution < 1.29 is 33.6 Å². The first kappa shape index (κ1) is 25.1. The van der Waals surface area contributed by atoms with E-state index in [-0.39, 0.29) is 24.5 Å². The molecule has 2 aromatic rings. The summed E-state index contributed by atoms with van der Waals surface area (Å²) in [7, 11) is 4.55. The van der Waals surface area contributed by atoms with Gasteiger partial charge in [0.25, 0.3) is 11.7 Å². The molecule has 0 spiro atoms. The monoisotopic (exact) mass is 469 g/mol. The fourth-order valence-electron chi connectivity index (χ4n) is 3.80. The molecule has 0 unspecified atom stereocenters. The topological polar surface area (TPSA) is 94.5 Å². The van der Waals surface area contributed by atoms with Crippen molar-refractivity contribution in [1.29, 1.82) is 0 Å². The lowest BCUT2D eigenvalue weighted by atomic mass is 9.95. The van der Waals surface area contributed by atoms with Crippen LogP contribution < -0.4 is 14.2 Å². The summed E-state index contributed by atoms with van der Waals surface area (Å²) in [5, 5.41) is 11.2. The molecule has 0 aliphatic carbocycles. The van der Waals surface area contributed by atoms with Crippen LogP contribution in [0.25, 0.3) is 5.76 Å². The molecule has 3 rings (SSSR count). The van der Waals surface area contributed by atoms with Crippen molar-refractivity contribution in [2.24, 2.45) is 5.92 Å². The maximum absolute atomic E-state index is 13.1. The zero-order valence-corrected chi connectivity index (χ0v) is 20.2. The van der Waals surface area contributed by atoms with Crippen LogP contribution in [0.2, 0.25) is 0 Å². The molecule has 8 nitrogen and oxygen atoms in total. The van der Waals surface area contributed by atoms with Gasteiger partial charge in [0.2, 0.25) is 0 Å². The predicted octanol–water partition coefficient (Wildman–Crippen LogP) is 3.81. The van der Waals surface area contributed by atoms with E-state index in [1.165, 1.54) is 26.2 Å². The van der Waals surface area contributed by atoms with Crippen molar-refractivity contribution in [3.05, 3.63) is 59.2 Å². The fourth-order valence-corrected chi connectivity index (χ4v) is 3.80. The number of aliphatic hydroxyl groups is 1. The third-order valence-corrected chi connectivity index (χ3v) is 5.51.